The van der Waals surface area contributed by atoms with Crippen molar-refractivity contribution in [2.45, 2.75) is 13.2 Å². The van der Waals surface area contributed by atoms with Gasteiger partial charge < -0.3 is 9.47 Å². The van der Waals surface area contributed by atoms with Crippen LogP contribution in [-0.4, -0.2) is 38.4 Å². The Bertz CT molecular complexity index is 267. The van der Waals surface area contributed by atoms with Gasteiger partial charge in [0.2, 0.25) is 0 Å². The minimum absolute atomic E-state index is 0. The molecule has 0 saturated heterocycles. The third-order valence-corrected chi connectivity index (χ3v) is 2.18. The SMILES string of the molecule is CC(OCCOc1ccccc1)N(C)C.Cl. The van der Waals surface area contributed by atoms with Crippen LogP contribution >= 0.6 is 12.4 Å². The molecule has 0 aliphatic heterocycles. The molecule has 0 heterocycles. The van der Waals surface area contributed by atoms with Gasteiger partial charge in [0, 0.05) is 0 Å². The molecule has 4 heteroatoms. The van der Waals surface area contributed by atoms with E-state index in [0.717, 1.165) is 5.75 Å². The lowest BCUT2D eigenvalue weighted by atomic mass is 10.3. The van der Waals surface area contributed by atoms with E-state index in [1.165, 1.54) is 0 Å². The molecular weight excluding hydrogens is 226 g/mol. The van der Waals surface area contributed by atoms with Gasteiger partial charge in [-0.1, -0.05) is 18.2 Å². The lowest BCUT2D eigenvalue weighted by molar-refractivity contribution is -0.0329. The molecule has 0 saturated carbocycles. The van der Waals surface area contributed by atoms with E-state index in [0.29, 0.717) is 13.2 Å². The van der Waals surface area contributed by atoms with Crippen molar-refractivity contribution < 1.29 is 9.47 Å². The zero-order valence-electron chi connectivity index (χ0n) is 10.1. The Labute approximate surface area is 104 Å². The van der Waals surface area contributed by atoms with Gasteiger partial charge in [-0.3, -0.25) is 4.90 Å². The van der Waals surface area contributed by atoms with Crippen molar-refractivity contribution in [3.8, 4) is 5.75 Å². The second-order valence-electron chi connectivity index (χ2n) is 3.60. The van der Waals surface area contributed by atoms with E-state index < -0.39 is 0 Å². The first-order valence-electron chi connectivity index (χ1n) is 5.16. The molecule has 0 fully saturated rings. The summed E-state index contributed by atoms with van der Waals surface area (Å²) >= 11 is 0. The Balaban J connectivity index is 0.00000225. The number of nitrogens with zero attached hydrogens (tertiary/aromatic N) is 1. The van der Waals surface area contributed by atoms with Gasteiger partial charge in [0.15, 0.2) is 0 Å². The van der Waals surface area contributed by atoms with Gasteiger partial charge in [-0.05, 0) is 33.2 Å². The molecule has 3 nitrogen and oxygen atoms in total. The third-order valence-electron chi connectivity index (χ3n) is 2.18. The largest absolute Gasteiger partial charge is 0.491 e. The van der Waals surface area contributed by atoms with Crippen molar-refractivity contribution in [1.29, 1.82) is 0 Å². The van der Waals surface area contributed by atoms with E-state index in [4.69, 9.17) is 9.47 Å². The van der Waals surface area contributed by atoms with E-state index >= 15 is 0 Å². The average molecular weight is 246 g/mol. The van der Waals surface area contributed by atoms with Crippen molar-refractivity contribution in [2.24, 2.45) is 0 Å². The van der Waals surface area contributed by atoms with Crippen molar-refractivity contribution in [1.82, 2.24) is 4.90 Å². The molecule has 1 atom stereocenters. The van der Waals surface area contributed by atoms with Crippen molar-refractivity contribution in [3.05, 3.63) is 30.3 Å². The minimum Gasteiger partial charge on any atom is -0.491 e. The smallest absolute Gasteiger partial charge is 0.119 e. The zero-order chi connectivity index (χ0) is 11.1. The summed E-state index contributed by atoms with van der Waals surface area (Å²) in [6, 6.07) is 9.76. The van der Waals surface area contributed by atoms with Gasteiger partial charge in [-0.15, -0.1) is 12.4 Å². The van der Waals surface area contributed by atoms with Crippen molar-refractivity contribution >= 4 is 12.4 Å². The highest BCUT2D eigenvalue weighted by Crippen LogP contribution is 2.07. The monoisotopic (exact) mass is 245 g/mol. The van der Waals surface area contributed by atoms with Gasteiger partial charge in [-0.2, -0.15) is 0 Å². The van der Waals surface area contributed by atoms with E-state index in [1.807, 2.05) is 56.3 Å². The minimum atomic E-state index is 0. The predicted molar refractivity (Wildman–Crippen MR) is 68.3 cm³/mol. The van der Waals surface area contributed by atoms with Crippen LogP contribution in [0.4, 0.5) is 0 Å². The van der Waals surface area contributed by atoms with Gasteiger partial charge in [0.1, 0.15) is 18.6 Å². The molecule has 1 aromatic rings. The third kappa shape index (κ3) is 5.95. The van der Waals surface area contributed by atoms with Crippen LogP contribution in [-0.2, 0) is 4.74 Å². The lowest BCUT2D eigenvalue weighted by Gasteiger charge is -2.20. The van der Waals surface area contributed by atoms with Crippen LogP contribution in [0.3, 0.4) is 0 Å². The molecule has 0 aliphatic rings. The summed E-state index contributed by atoms with van der Waals surface area (Å²) in [4.78, 5) is 2.02. The Hall–Kier alpha value is -0.770. The Morgan fingerprint density at radius 1 is 1.12 bits per heavy atom. The van der Waals surface area contributed by atoms with Crippen LogP contribution < -0.4 is 4.74 Å². The highest BCUT2D eigenvalue weighted by Gasteiger charge is 2.03. The molecule has 1 aromatic carbocycles. The molecule has 0 radical (unpaired) electrons. The number of halogens is 1. The van der Waals surface area contributed by atoms with Crippen LogP contribution in [0.1, 0.15) is 6.92 Å². The molecule has 0 aromatic heterocycles. The highest BCUT2D eigenvalue weighted by molar-refractivity contribution is 5.85. The number of hydrogen-bond donors (Lipinski definition) is 0. The van der Waals surface area contributed by atoms with Gasteiger partial charge in [0.05, 0.1) is 6.61 Å². The predicted octanol–water partition coefficient (Wildman–Crippen LogP) is 2.41. The molecule has 0 spiro atoms. The second kappa shape index (κ2) is 8.39. The maximum Gasteiger partial charge on any atom is 0.119 e. The van der Waals surface area contributed by atoms with Gasteiger partial charge in [-0.25, -0.2) is 0 Å². The number of ether oxygens (including phenoxy) is 2. The molecular formula is C12H20ClNO2. The molecule has 1 rings (SSSR count). The molecule has 92 valence electrons. The topological polar surface area (TPSA) is 21.7 Å². The maximum absolute atomic E-state index is 5.53. The van der Waals surface area contributed by atoms with Crippen LogP contribution in [0.25, 0.3) is 0 Å². The Morgan fingerprint density at radius 3 is 2.31 bits per heavy atom. The van der Waals surface area contributed by atoms with Crippen molar-refractivity contribution in [3.63, 3.8) is 0 Å². The van der Waals surface area contributed by atoms with Gasteiger partial charge >= 0.3 is 0 Å². The summed E-state index contributed by atoms with van der Waals surface area (Å²) < 4.78 is 11.0. The number of rotatable bonds is 6. The van der Waals surface area contributed by atoms with E-state index in [9.17, 15) is 0 Å². The Morgan fingerprint density at radius 2 is 1.75 bits per heavy atom. The molecule has 0 aliphatic carbocycles. The fraction of sp³-hybridized carbons (Fsp3) is 0.500. The number of benzene rings is 1. The summed E-state index contributed by atoms with van der Waals surface area (Å²) in [7, 11) is 3.98. The van der Waals surface area contributed by atoms with Crippen LogP contribution in [0.15, 0.2) is 30.3 Å². The Kier molecular flexibility index (Phi) is 7.99. The number of para-hydroxylation sites is 1. The van der Waals surface area contributed by atoms with E-state index in [1.54, 1.807) is 0 Å². The van der Waals surface area contributed by atoms with Crippen LogP contribution in [0, 0.1) is 0 Å². The zero-order valence-corrected chi connectivity index (χ0v) is 10.9. The molecule has 1 unspecified atom stereocenters. The first kappa shape index (κ1) is 15.2. The summed E-state index contributed by atoms with van der Waals surface area (Å²) in [6.07, 6.45) is 0.129. The quantitative estimate of drug-likeness (QED) is 0.568. The van der Waals surface area contributed by atoms with Crippen LogP contribution in [0.2, 0.25) is 0 Å². The first-order valence-corrected chi connectivity index (χ1v) is 5.16. The maximum atomic E-state index is 5.53. The van der Waals surface area contributed by atoms with E-state index in [2.05, 4.69) is 0 Å². The molecule has 0 bridgehead atoms. The number of hydrogen-bond acceptors (Lipinski definition) is 3. The van der Waals surface area contributed by atoms with Crippen LogP contribution in [0.5, 0.6) is 5.75 Å². The van der Waals surface area contributed by atoms with Gasteiger partial charge in [0.25, 0.3) is 0 Å². The van der Waals surface area contributed by atoms with E-state index in [-0.39, 0.29) is 18.6 Å². The highest BCUT2D eigenvalue weighted by atomic mass is 35.5. The molecule has 16 heavy (non-hydrogen) atoms. The second-order valence-corrected chi connectivity index (χ2v) is 3.60. The standard InChI is InChI=1S/C12H19NO2.ClH/c1-11(13(2)3)14-9-10-15-12-7-5-4-6-8-12;/h4-8,11H,9-10H2,1-3H3;1H. The fourth-order valence-corrected chi connectivity index (χ4v) is 1.04. The molecule has 0 N–H and O–H groups in total. The normalized spacial score (nSPS) is 12.0. The first-order chi connectivity index (χ1) is 7.20. The lowest BCUT2D eigenvalue weighted by Crippen LogP contribution is -2.28. The fourth-order valence-electron chi connectivity index (χ4n) is 1.04. The average Bonchev–Trinajstić information content (AvgIpc) is 2.25. The van der Waals surface area contributed by atoms with Crippen molar-refractivity contribution in [2.75, 3.05) is 27.3 Å². The molecule has 0 amide bonds. The summed E-state index contributed by atoms with van der Waals surface area (Å²) in [6.45, 7) is 3.21. The summed E-state index contributed by atoms with van der Waals surface area (Å²) in [5.41, 5.74) is 0. The summed E-state index contributed by atoms with van der Waals surface area (Å²) in [5, 5.41) is 0. The summed E-state index contributed by atoms with van der Waals surface area (Å²) in [5.74, 6) is 0.888.